The van der Waals surface area contributed by atoms with Gasteiger partial charge in [0.2, 0.25) is 0 Å². The molecular weight excluding hydrogens is 376 g/mol. The number of ether oxygens (including phenoxy) is 1. The van der Waals surface area contributed by atoms with E-state index >= 15 is 0 Å². The highest BCUT2D eigenvalue weighted by Gasteiger charge is 2.16. The summed E-state index contributed by atoms with van der Waals surface area (Å²) < 4.78 is 5.27. The molecule has 30 heavy (non-hydrogen) atoms. The van der Waals surface area contributed by atoms with E-state index in [2.05, 4.69) is 35.0 Å². The number of hydrogen-bond donors (Lipinski definition) is 1. The van der Waals surface area contributed by atoms with Crippen molar-refractivity contribution < 1.29 is 9.53 Å². The third kappa shape index (κ3) is 11.8. The van der Waals surface area contributed by atoms with Crippen LogP contribution in [-0.2, 0) is 11.3 Å². The number of rotatable bonds is 13. The highest BCUT2D eigenvalue weighted by atomic mass is 16.6. The van der Waals surface area contributed by atoms with Crippen molar-refractivity contribution >= 4 is 11.8 Å². The first-order valence-electron chi connectivity index (χ1n) is 11.2. The molecule has 1 aromatic rings. The minimum atomic E-state index is -0.522. The average molecular weight is 417 g/mol. The molecule has 0 bridgehead atoms. The predicted octanol–water partition coefficient (Wildman–Crippen LogP) is 5.26. The topological polar surface area (TPSA) is 68.6 Å². The van der Waals surface area contributed by atoms with Crippen molar-refractivity contribution in [3.63, 3.8) is 0 Å². The van der Waals surface area contributed by atoms with Gasteiger partial charge < -0.3 is 9.64 Å². The molecule has 1 amide bonds. The lowest BCUT2D eigenvalue weighted by Crippen LogP contribution is -2.28. The van der Waals surface area contributed by atoms with Crippen molar-refractivity contribution in [1.82, 2.24) is 9.80 Å². The van der Waals surface area contributed by atoms with Crippen LogP contribution in [0.5, 0.6) is 0 Å². The molecule has 0 radical (unpaired) electrons. The molecule has 0 atom stereocenters. The number of nitriles is 1. The van der Waals surface area contributed by atoms with Gasteiger partial charge in [0.25, 0.3) is 0 Å². The molecule has 0 aliphatic heterocycles. The Labute approximate surface area is 183 Å². The lowest BCUT2D eigenvalue weighted by atomic mass is 10.1. The second kappa shape index (κ2) is 14.0. The molecule has 0 aromatic heterocycles. The van der Waals surface area contributed by atoms with Crippen LogP contribution in [0.4, 0.5) is 10.5 Å². The fraction of sp³-hybridized carbons (Fsp3) is 0.667. The number of carbonyl (C=O) groups is 1. The molecule has 0 saturated carbocycles. The molecule has 1 aromatic carbocycles. The van der Waals surface area contributed by atoms with Crippen LogP contribution in [0.25, 0.3) is 0 Å². The van der Waals surface area contributed by atoms with Crippen LogP contribution < -0.4 is 5.32 Å². The molecule has 0 spiro atoms. The summed E-state index contributed by atoms with van der Waals surface area (Å²) in [5, 5.41) is 11.9. The summed E-state index contributed by atoms with van der Waals surface area (Å²) >= 11 is 0. The maximum atomic E-state index is 11.9. The maximum absolute atomic E-state index is 11.9. The van der Waals surface area contributed by atoms with E-state index in [9.17, 15) is 10.1 Å². The number of carbonyl (C=O) groups excluding carboxylic acids is 1. The molecule has 0 unspecified atom stereocenters. The van der Waals surface area contributed by atoms with E-state index in [4.69, 9.17) is 4.74 Å². The smallest absolute Gasteiger partial charge is 0.412 e. The Morgan fingerprint density at radius 1 is 1.00 bits per heavy atom. The lowest BCUT2D eigenvalue weighted by molar-refractivity contribution is 0.0636. The van der Waals surface area contributed by atoms with Gasteiger partial charge in [-0.2, -0.15) is 5.26 Å². The Bertz CT molecular complexity index is 641. The number of nitrogens with one attached hydrogen (secondary N) is 1. The van der Waals surface area contributed by atoms with Gasteiger partial charge >= 0.3 is 6.09 Å². The average Bonchev–Trinajstić information content (AvgIpc) is 2.65. The van der Waals surface area contributed by atoms with E-state index in [0.717, 1.165) is 38.0 Å². The zero-order valence-electron chi connectivity index (χ0n) is 19.5. The molecule has 168 valence electrons. The van der Waals surface area contributed by atoms with Crippen LogP contribution in [0.2, 0.25) is 0 Å². The third-order valence-corrected chi connectivity index (χ3v) is 4.58. The fourth-order valence-electron chi connectivity index (χ4n) is 3.33. The normalized spacial score (nSPS) is 11.5. The Balaban J connectivity index is 2.48. The first-order valence-corrected chi connectivity index (χ1v) is 11.2. The van der Waals surface area contributed by atoms with Crippen LogP contribution in [0, 0.1) is 11.3 Å². The highest BCUT2D eigenvalue weighted by Crippen LogP contribution is 2.14. The van der Waals surface area contributed by atoms with E-state index in [1.807, 2.05) is 45.0 Å². The Kier molecular flexibility index (Phi) is 12.1. The fourth-order valence-corrected chi connectivity index (χ4v) is 3.33. The largest absolute Gasteiger partial charge is 0.444 e. The van der Waals surface area contributed by atoms with Crippen LogP contribution in [0.15, 0.2) is 24.3 Å². The first kappa shape index (κ1) is 25.9. The summed E-state index contributed by atoms with van der Waals surface area (Å²) in [4.78, 5) is 16.6. The van der Waals surface area contributed by atoms with Crippen molar-refractivity contribution in [3.8, 4) is 6.07 Å². The maximum Gasteiger partial charge on any atom is 0.412 e. The Morgan fingerprint density at radius 2 is 1.57 bits per heavy atom. The van der Waals surface area contributed by atoms with Crippen molar-refractivity contribution in [1.29, 1.82) is 5.26 Å². The van der Waals surface area contributed by atoms with Crippen molar-refractivity contribution in [2.45, 2.75) is 72.4 Å². The van der Waals surface area contributed by atoms with Gasteiger partial charge in [0, 0.05) is 12.2 Å². The molecule has 0 aliphatic carbocycles. The summed E-state index contributed by atoms with van der Waals surface area (Å²) in [6.45, 7) is 15.5. The van der Waals surface area contributed by atoms with Gasteiger partial charge in [-0.25, -0.2) is 4.79 Å². The first-order chi connectivity index (χ1) is 14.3. The van der Waals surface area contributed by atoms with Crippen molar-refractivity contribution in [2.75, 3.05) is 38.0 Å². The third-order valence-electron chi connectivity index (χ3n) is 4.58. The molecule has 6 nitrogen and oxygen atoms in total. The minimum Gasteiger partial charge on any atom is -0.444 e. The SMILES string of the molecule is CCCN(CCC)CCCCN(CC#N)Cc1ccc(NC(=O)OC(C)(C)C)cc1. The summed E-state index contributed by atoms with van der Waals surface area (Å²) in [7, 11) is 0. The molecule has 1 rings (SSSR count). The zero-order valence-corrected chi connectivity index (χ0v) is 19.5. The van der Waals surface area contributed by atoms with Gasteiger partial charge in [-0.05, 0) is 90.3 Å². The van der Waals surface area contributed by atoms with Crippen LogP contribution in [0.3, 0.4) is 0 Å². The molecule has 0 aliphatic rings. The van der Waals surface area contributed by atoms with Gasteiger partial charge in [0.15, 0.2) is 0 Å². The van der Waals surface area contributed by atoms with Gasteiger partial charge in [-0.15, -0.1) is 0 Å². The van der Waals surface area contributed by atoms with Crippen molar-refractivity contribution in [3.05, 3.63) is 29.8 Å². The highest BCUT2D eigenvalue weighted by molar-refractivity contribution is 5.84. The summed E-state index contributed by atoms with van der Waals surface area (Å²) in [5.74, 6) is 0. The van der Waals surface area contributed by atoms with Crippen LogP contribution in [-0.4, -0.2) is 54.2 Å². The molecule has 6 heteroatoms. The van der Waals surface area contributed by atoms with E-state index < -0.39 is 11.7 Å². The number of amides is 1. The van der Waals surface area contributed by atoms with E-state index in [0.29, 0.717) is 12.2 Å². The lowest BCUT2D eigenvalue weighted by Gasteiger charge is -2.23. The summed E-state index contributed by atoms with van der Waals surface area (Å²) in [5.41, 5.74) is 1.30. The van der Waals surface area contributed by atoms with Gasteiger partial charge in [0.1, 0.15) is 5.60 Å². The van der Waals surface area contributed by atoms with Gasteiger partial charge in [-0.1, -0.05) is 26.0 Å². The number of anilines is 1. The molecule has 0 fully saturated rings. The van der Waals surface area contributed by atoms with Crippen molar-refractivity contribution in [2.24, 2.45) is 0 Å². The standard InChI is InChI=1S/C24H40N4O2/c1-6-15-27(16-7-2)17-8-9-18-28(19-14-25)20-21-10-12-22(13-11-21)26-23(29)30-24(3,4)5/h10-13H,6-9,15-20H2,1-5H3,(H,26,29). The number of unbranched alkanes of at least 4 members (excludes halogenated alkanes) is 1. The quantitative estimate of drug-likeness (QED) is 0.351. The Hall–Kier alpha value is -2.10. The van der Waals surface area contributed by atoms with Gasteiger partial charge in [0.05, 0.1) is 12.6 Å². The monoisotopic (exact) mass is 416 g/mol. The number of nitrogens with zero attached hydrogens (tertiary/aromatic N) is 3. The number of hydrogen-bond acceptors (Lipinski definition) is 5. The second-order valence-corrected chi connectivity index (χ2v) is 8.74. The van der Waals surface area contributed by atoms with E-state index in [1.165, 1.54) is 25.9 Å². The Morgan fingerprint density at radius 3 is 2.07 bits per heavy atom. The van der Waals surface area contributed by atoms with E-state index in [1.54, 1.807) is 0 Å². The van der Waals surface area contributed by atoms with E-state index in [-0.39, 0.29) is 0 Å². The summed E-state index contributed by atoms with van der Waals surface area (Å²) in [6, 6.07) is 10.00. The molecule has 0 saturated heterocycles. The van der Waals surface area contributed by atoms with Crippen LogP contribution >= 0.6 is 0 Å². The molecule has 0 heterocycles. The summed E-state index contributed by atoms with van der Waals surface area (Å²) in [6.07, 6.45) is 4.17. The van der Waals surface area contributed by atoms with Gasteiger partial charge in [-0.3, -0.25) is 10.2 Å². The minimum absolute atomic E-state index is 0.422. The second-order valence-electron chi connectivity index (χ2n) is 8.74. The predicted molar refractivity (Wildman–Crippen MR) is 123 cm³/mol. The molecular formula is C24H40N4O2. The zero-order chi connectivity index (χ0) is 22.4. The van der Waals surface area contributed by atoms with Crippen LogP contribution in [0.1, 0.15) is 65.9 Å². The number of benzene rings is 1. The molecule has 1 N–H and O–H groups in total.